The molecule has 0 heterocycles. The molecule has 0 saturated carbocycles. The minimum Gasteiger partial charge on any atom is -0.488 e. The summed E-state index contributed by atoms with van der Waals surface area (Å²) in [5.41, 5.74) is 7.10. The highest BCUT2D eigenvalue weighted by Crippen LogP contribution is 2.30. The van der Waals surface area contributed by atoms with Gasteiger partial charge in [-0.25, -0.2) is 5.43 Å². The molecule has 0 fully saturated rings. The summed E-state index contributed by atoms with van der Waals surface area (Å²) in [7, 11) is 0. The first kappa shape index (κ1) is 21.5. The SMILES string of the molecule is O=C(NN=Cc1ccccc1Br)c1ccc(COc2ccccc2-c2ccccc2)cc1. The number of nitrogens with one attached hydrogen (secondary N) is 1. The van der Waals surface area contributed by atoms with Crippen molar-refractivity contribution in [1.82, 2.24) is 5.43 Å². The van der Waals surface area contributed by atoms with Gasteiger partial charge >= 0.3 is 0 Å². The Hall–Kier alpha value is -3.70. The second-order valence-electron chi connectivity index (χ2n) is 7.07. The van der Waals surface area contributed by atoms with Crippen LogP contribution in [0, 0.1) is 0 Å². The van der Waals surface area contributed by atoms with Crippen molar-refractivity contribution in [3.05, 3.63) is 124 Å². The molecule has 0 spiro atoms. The molecule has 1 amide bonds. The molecule has 0 aliphatic carbocycles. The van der Waals surface area contributed by atoms with Gasteiger partial charge in [-0.15, -0.1) is 0 Å². The molecule has 4 rings (SSSR count). The Balaban J connectivity index is 1.37. The number of benzene rings is 4. The Labute approximate surface area is 195 Å². The van der Waals surface area contributed by atoms with Crippen molar-refractivity contribution in [2.24, 2.45) is 5.10 Å². The number of para-hydroxylation sites is 1. The minimum absolute atomic E-state index is 0.268. The van der Waals surface area contributed by atoms with Gasteiger partial charge in [0.15, 0.2) is 0 Å². The molecule has 5 heteroatoms. The summed E-state index contributed by atoms with van der Waals surface area (Å²) in [4.78, 5) is 12.3. The van der Waals surface area contributed by atoms with E-state index in [1.807, 2.05) is 78.9 Å². The van der Waals surface area contributed by atoms with Gasteiger partial charge < -0.3 is 4.74 Å². The van der Waals surface area contributed by atoms with Crippen molar-refractivity contribution >= 4 is 28.1 Å². The predicted octanol–water partition coefficient (Wildman–Crippen LogP) is 6.46. The normalized spacial score (nSPS) is 10.8. The highest BCUT2D eigenvalue weighted by Gasteiger charge is 2.07. The summed E-state index contributed by atoms with van der Waals surface area (Å²) in [5, 5.41) is 4.04. The first-order chi connectivity index (χ1) is 15.7. The van der Waals surface area contributed by atoms with Gasteiger partial charge in [0.25, 0.3) is 5.91 Å². The average Bonchev–Trinajstić information content (AvgIpc) is 2.85. The van der Waals surface area contributed by atoms with Crippen LogP contribution in [0.25, 0.3) is 11.1 Å². The van der Waals surface area contributed by atoms with E-state index in [2.05, 4.69) is 38.6 Å². The number of nitrogens with zero attached hydrogens (tertiary/aromatic N) is 1. The lowest BCUT2D eigenvalue weighted by Gasteiger charge is -2.12. The topological polar surface area (TPSA) is 50.7 Å². The van der Waals surface area contributed by atoms with Crippen LogP contribution in [0.15, 0.2) is 113 Å². The van der Waals surface area contributed by atoms with Crippen LogP contribution in [0.5, 0.6) is 5.75 Å². The predicted molar refractivity (Wildman–Crippen MR) is 132 cm³/mol. The number of amides is 1. The molecule has 0 aliphatic heterocycles. The standard InChI is InChI=1S/C27H21BrN2O2/c28-25-12-6-4-10-23(25)18-29-30-27(31)22-16-14-20(15-17-22)19-32-26-13-7-5-11-24(26)21-8-2-1-3-9-21/h1-18H,19H2,(H,30,31). The molecular formula is C27H21BrN2O2. The maximum Gasteiger partial charge on any atom is 0.271 e. The van der Waals surface area contributed by atoms with Crippen LogP contribution in [-0.4, -0.2) is 12.1 Å². The molecule has 0 bridgehead atoms. The lowest BCUT2D eigenvalue weighted by atomic mass is 10.0. The molecule has 4 aromatic carbocycles. The Morgan fingerprint density at radius 2 is 1.53 bits per heavy atom. The molecular weight excluding hydrogens is 464 g/mol. The zero-order chi connectivity index (χ0) is 22.2. The van der Waals surface area contributed by atoms with Gasteiger partial charge in [-0.05, 0) is 35.4 Å². The van der Waals surface area contributed by atoms with E-state index in [1.165, 1.54) is 0 Å². The van der Waals surface area contributed by atoms with Crippen LogP contribution in [0.2, 0.25) is 0 Å². The smallest absolute Gasteiger partial charge is 0.271 e. The number of halogens is 1. The number of carbonyl (C=O) groups excluding carboxylic acids is 1. The first-order valence-corrected chi connectivity index (χ1v) is 10.9. The number of hydrogen-bond acceptors (Lipinski definition) is 3. The van der Waals surface area contributed by atoms with Crippen molar-refractivity contribution in [2.45, 2.75) is 6.61 Å². The summed E-state index contributed by atoms with van der Waals surface area (Å²) >= 11 is 3.45. The highest BCUT2D eigenvalue weighted by atomic mass is 79.9. The molecule has 158 valence electrons. The van der Waals surface area contributed by atoms with Crippen molar-refractivity contribution in [1.29, 1.82) is 0 Å². The lowest BCUT2D eigenvalue weighted by molar-refractivity contribution is 0.0955. The van der Waals surface area contributed by atoms with Gasteiger partial charge in [0.2, 0.25) is 0 Å². The van der Waals surface area contributed by atoms with E-state index >= 15 is 0 Å². The van der Waals surface area contributed by atoms with Gasteiger partial charge in [-0.3, -0.25) is 4.79 Å². The van der Waals surface area contributed by atoms with Crippen LogP contribution < -0.4 is 10.2 Å². The van der Waals surface area contributed by atoms with E-state index in [0.29, 0.717) is 12.2 Å². The first-order valence-electron chi connectivity index (χ1n) is 10.1. The third-order valence-corrected chi connectivity index (χ3v) is 5.58. The summed E-state index contributed by atoms with van der Waals surface area (Å²) < 4.78 is 6.99. The zero-order valence-corrected chi connectivity index (χ0v) is 18.8. The fraction of sp³-hybridized carbons (Fsp3) is 0.0370. The maximum atomic E-state index is 12.3. The quantitative estimate of drug-likeness (QED) is 0.241. The number of rotatable bonds is 7. The molecule has 4 aromatic rings. The van der Waals surface area contributed by atoms with E-state index < -0.39 is 0 Å². The van der Waals surface area contributed by atoms with Crippen molar-refractivity contribution in [3.63, 3.8) is 0 Å². The van der Waals surface area contributed by atoms with Crippen molar-refractivity contribution in [3.8, 4) is 16.9 Å². The van der Waals surface area contributed by atoms with Crippen LogP contribution in [0.4, 0.5) is 0 Å². The Kier molecular flexibility index (Phi) is 7.10. The summed E-state index contributed by atoms with van der Waals surface area (Å²) in [5.74, 6) is 0.553. The summed E-state index contributed by atoms with van der Waals surface area (Å²) in [6, 6.07) is 33.1. The molecule has 1 N–H and O–H groups in total. The van der Waals surface area contributed by atoms with E-state index in [1.54, 1.807) is 18.3 Å². The second-order valence-corrected chi connectivity index (χ2v) is 7.92. The molecule has 0 unspecified atom stereocenters. The van der Waals surface area contributed by atoms with Gasteiger partial charge in [0.1, 0.15) is 12.4 Å². The molecule has 4 nitrogen and oxygen atoms in total. The number of hydrazone groups is 1. The fourth-order valence-electron chi connectivity index (χ4n) is 3.17. The van der Waals surface area contributed by atoms with E-state index in [-0.39, 0.29) is 5.91 Å². The monoisotopic (exact) mass is 484 g/mol. The highest BCUT2D eigenvalue weighted by molar-refractivity contribution is 9.10. The number of ether oxygens (including phenoxy) is 1. The van der Waals surface area contributed by atoms with Crippen LogP contribution in [-0.2, 0) is 6.61 Å². The molecule has 0 atom stereocenters. The molecule has 0 radical (unpaired) electrons. The largest absolute Gasteiger partial charge is 0.488 e. The summed E-state index contributed by atoms with van der Waals surface area (Å²) in [6.45, 7) is 0.409. The van der Waals surface area contributed by atoms with Crippen LogP contribution in [0.1, 0.15) is 21.5 Å². The third-order valence-electron chi connectivity index (χ3n) is 4.86. The van der Waals surface area contributed by atoms with E-state index in [4.69, 9.17) is 4.74 Å². The van der Waals surface area contributed by atoms with E-state index in [0.717, 1.165) is 32.5 Å². The fourth-order valence-corrected chi connectivity index (χ4v) is 3.55. The molecule has 0 aliphatic rings. The molecule has 32 heavy (non-hydrogen) atoms. The number of carbonyl (C=O) groups is 1. The minimum atomic E-state index is -0.268. The Morgan fingerprint density at radius 3 is 2.31 bits per heavy atom. The molecule has 0 saturated heterocycles. The molecule has 0 aromatic heterocycles. The number of hydrogen-bond donors (Lipinski definition) is 1. The van der Waals surface area contributed by atoms with Crippen LogP contribution in [0.3, 0.4) is 0 Å². The Morgan fingerprint density at radius 1 is 0.844 bits per heavy atom. The Bertz CT molecular complexity index is 1220. The maximum absolute atomic E-state index is 12.3. The lowest BCUT2D eigenvalue weighted by Crippen LogP contribution is -2.17. The third kappa shape index (κ3) is 5.50. The van der Waals surface area contributed by atoms with Gasteiger partial charge in [0.05, 0.1) is 6.21 Å². The van der Waals surface area contributed by atoms with E-state index in [9.17, 15) is 4.79 Å². The van der Waals surface area contributed by atoms with Gasteiger partial charge in [0, 0.05) is 21.2 Å². The average molecular weight is 485 g/mol. The van der Waals surface area contributed by atoms with Crippen LogP contribution >= 0.6 is 15.9 Å². The van der Waals surface area contributed by atoms with Crippen molar-refractivity contribution < 1.29 is 9.53 Å². The van der Waals surface area contributed by atoms with Gasteiger partial charge in [-0.1, -0.05) is 94.8 Å². The summed E-state index contributed by atoms with van der Waals surface area (Å²) in [6.07, 6.45) is 1.61. The van der Waals surface area contributed by atoms with Gasteiger partial charge in [-0.2, -0.15) is 5.10 Å². The van der Waals surface area contributed by atoms with Crippen molar-refractivity contribution in [2.75, 3.05) is 0 Å². The second kappa shape index (κ2) is 10.6. The zero-order valence-electron chi connectivity index (χ0n) is 17.2.